The van der Waals surface area contributed by atoms with Crippen molar-refractivity contribution in [2.75, 3.05) is 11.4 Å². The van der Waals surface area contributed by atoms with Crippen LogP contribution in [0.5, 0.6) is 0 Å². The largest absolute Gasteiger partial charge is 0.334 e. The molecule has 0 aliphatic carbocycles. The maximum absolute atomic E-state index is 12.4. The van der Waals surface area contributed by atoms with Gasteiger partial charge in [-0.2, -0.15) is 0 Å². The van der Waals surface area contributed by atoms with E-state index in [4.69, 9.17) is 12.2 Å². The summed E-state index contributed by atoms with van der Waals surface area (Å²) in [6.45, 7) is 5.14. The van der Waals surface area contributed by atoms with Gasteiger partial charge >= 0.3 is 0 Å². The van der Waals surface area contributed by atoms with Crippen molar-refractivity contribution in [2.24, 2.45) is 0 Å². The number of carbonyl (C=O) groups excluding carboxylic acids is 1. The lowest BCUT2D eigenvalue weighted by Crippen LogP contribution is -2.32. The van der Waals surface area contributed by atoms with E-state index in [9.17, 15) is 4.79 Å². The van der Waals surface area contributed by atoms with E-state index in [-0.39, 0.29) is 5.91 Å². The van der Waals surface area contributed by atoms with Crippen LogP contribution in [-0.4, -0.2) is 22.5 Å². The lowest BCUT2D eigenvalue weighted by Gasteiger charge is -2.21. The lowest BCUT2D eigenvalue weighted by atomic mass is 10.2. The van der Waals surface area contributed by atoms with Crippen molar-refractivity contribution in [1.29, 1.82) is 0 Å². The van der Waals surface area contributed by atoms with E-state index in [2.05, 4.69) is 18.4 Å². The monoisotopic (exact) mass is 316 g/mol. The molecule has 1 fully saturated rings. The third-order valence-corrected chi connectivity index (χ3v) is 5.14. The van der Waals surface area contributed by atoms with Crippen LogP contribution in [0.25, 0.3) is 0 Å². The normalized spacial score (nSPS) is 15.1. The van der Waals surface area contributed by atoms with Gasteiger partial charge in [0.05, 0.1) is 12.2 Å². The molecule has 21 heavy (non-hydrogen) atoms. The Bertz CT molecular complexity index is 708. The third-order valence-electron chi connectivity index (χ3n) is 3.70. The molecular weight excluding hydrogens is 300 g/mol. The number of rotatable bonds is 3. The predicted molar refractivity (Wildman–Crippen MR) is 90.7 cm³/mol. The fraction of sp³-hybridized carbons (Fsp3) is 0.250. The molecule has 1 saturated heterocycles. The van der Waals surface area contributed by atoms with Crippen molar-refractivity contribution in [3.05, 3.63) is 51.7 Å². The molecule has 2 aromatic rings. The second-order valence-electron chi connectivity index (χ2n) is 5.18. The van der Waals surface area contributed by atoms with Crippen molar-refractivity contribution in [3.8, 4) is 0 Å². The summed E-state index contributed by atoms with van der Waals surface area (Å²) in [5.74, 6) is 0.0449. The van der Waals surface area contributed by atoms with E-state index in [1.165, 1.54) is 10.4 Å². The van der Waals surface area contributed by atoms with Crippen LogP contribution in [0.3, 0.4) is 0 Å². The Morgan fingerprint density at radius 2 is 1.95 bits per heavy atom. The summed E-state index contributed by atoms with van der Waals surface area (Å²) in [5, 5.41) is 2.67. The van der Waals surface area contributed by atoms with E-state index in [0.29, 0.717) is 18.2 Å². The highest BCUT2D eigenvalue weighted by Crippen LogP contribution is 2.27. The maximum atomic E-state index is 12.4. The number of thiocarbonyl (C=S) groups is 1. The third kappa shape index (κ3) is 2.59. The first kappa shape index (κ1) is 14.2. The zero-order valence-corrected chi connectivity index (χ0v) is 13.6. The average molecular weight is 316 g/mol. The number of aryl methyl sites for hydroxylation is 2. The minimum absolute atomic E-state index is 0.0449. The van der Waals surface area contributed by atoms with Gasteiger partial charge in [-0.15, -0.1) is 11.3 Å². The van der Waals surface area contributed by atoms with Crippen molar-refractivity contribution in [1.82, 2.24) is 4.90 Å². The highest BCUT2D eigenvalue weighted by molar-refractivity contribution is 7.80. The summed E-state index contributed by atoms with van der Waals surface area (Å²) in [5.41, 5.74) is 3.20. The summed E-state index contributed by atoms with van der Waals surface area (Å²) in [6.07, 6.45) is 0. The topological polar surface area (TPSA) is 23.6 Å². The van der Waals surface area contributed by atoms with Gasteiger partial charge in [-0.3, -0.25) is 9.69 Å². The zero-order chi connectivity index (χ0) is 15.0. The van der Waals surface area contributed by atoms with Gasteiger partial charge in [0.15, 0.2) is 5.11 Å². The standard InChI is InChI=1S/C16H16N2OS2/c1-11-5-3-4-6-13(11)18-15(19)10-17(16(18)20)9-14-12(2)7-8-21-14/h3-8H,9-10H2,1-2H3. The molecule has 0 atom stereocenters. The first-order valence-corrected chi connectivity index (χ1v) is 8.07. The number of para-hydroxylation sites is 1. The molecule has 1 aromatic carbocycles. The number of carbonyl (C=O) groups is 1. The van der Waals surface area contributed by atoms with Crippen molar-refractivity contribution in [3.63, 3.8) is 0 Å². The molecule has 3 nitrogen and oxygen atoms in total. The Labute approximate surface area is 133 Å². The second-order valence-corrected chi connectivity index (χ2v) is 6.55. The highest BCUT2D eigenvalue weighted by Gasteiger charge is 2.34. The number of hydrogen-bond donors (Lipinski definition) is 0. The van der Waals surface area contributed by atoms with Crippen LogP contribution in [0.15, 0.2) is 35.7 Å². The number of nitrogens with zero attached hydrogens (tertiary/aromatic N) is 2. The summed E-state index contributed by atoms with van der Waals surface area (Å²) >= 11 is 7.24. The summed E-state index contributed by atoms with van der Waals surface area (Å²) in [6, 6.07) is 9.94. The fourth-order valence-corrected chi connectivity index (χ4v) is 3.71. The summed E-state index contributed by atoms with van der Waals surface area (Å²) in [7, 11) is 0. The van der Waals surface area contributed by atoms with E-state index in [1.54, 1.807) is 16.2 Å². The zero-order valence-electron chi connectivity index (χ0n) is 12.0. The molecule has 1 aliphatic heterocycles. The van der Waals surface area contributed by atoms with Gasteiger partial charge in [0.1, 0.15) is 6.54 Å². The Morgan fingerprint density at radius 1 is 1.19 bits per heavy atom. The quantitative estimate of drug-likeness (QED) is 0.810. The first-order valence-electron chi connectivity index (χ1n) is 6.78. The van der Waals surface area contributed by atoms with E-state index < -0.39 is 0 Å². The number of thiophene rings is 1. The highest BCUT2D eigenvalue weighted by atomic mass is 32.1. The van der Waals surface area contributed by atoms with Gasteiger partial charge in [-0.05, 0) is 54.7 Å². The molecule has 2 heterocycles. The van der Waals surface area contributed by atoms with Crippen LogP contribution in [-0.2, 0) is 11.3 Å². The van der Waals surface area contributed by atoms with Gasteiger partial charge in [0.25, 0.3) is 5.91 Å². The van der Waals surface area contributed by atoms with Crippen LogP contribution in [0.1, 0.15) is 16.0 Å². The van der Waals surface area contributed by atoms with Crippen LogP contribution in [0.4, 0.5) is 5.69 Å². The molecule has 108 valence electrons. The Hall–Kier alpha value is -1.72. The van der Waals surface area contributed by atoms with Gasteiger partial charge in [-0.25, -0.2) is 0 Å². The van der Waals surface area contributed by atoms with Gasteiger partial charge < -0.3 is 4.90 Å². The molecule has 3 rings (SSSR count). The number of benzene rings is 1. The van der Waals surface area contributed by atoms with E-state index in [0.717, 1.165) is 11.3 Å². The Morgan fingerprint density at radius 3 is 2.62 bits per heavy atom. The van der Waals surface area contributed by atoms with E-state index >= 15 is 0 Å². The predicted octanol–water partition coefficient (Wildman–Crippen LogP) is 3.50. The average Bonchev–Trinajstić information content (AvgIpc) is 2.97. The molecule has 1 aromatic heterocycles. The Kier molecular flexibility index (Phi) is 3.78. The molecule has 1 amide bonds. The first-order chi connectivity index (χ1) is 10.1. The molecule has 1 aliphatic rings. The SMILES string of the molecule is Cc1ccccc1N1C(=O)CN(Cc2sccc2C)C1=S. The van der Waals surface area contributed by atoms with Crippen LogP contribution in [0.2, 0.25) is 0 Å². The molecular formula is C16H16N2OS2. The van der Waals surface area contributed by atoms with Crippen LogP contribution in [0, 0.1) is 13.8 Å². The van der Waals surface area contributed by atoms with Crippen LogP contribution < -0.4 is 4.90 Å². The molecule has 5 heteroatoms. The minimum atomic E-state index is 0.0449. The lowest BCUT2D eigenvalue weighted by molar-refractivity contribution is -0.116. The van der Waals surface area contributed by atoms with E-state index in [1.807, 2.05) is 36.1 Å². The molecule has 0 unspecified atom stereocenters. The number of hydrogen-bond acceptors (Lipinski definition) is 3. The number of amides is 1. The summed E-state index contributed by atoms with van der Waals surface area (Å²) in [4.78, 5) is 17.3. The number of anilines is 1. The molecule has 0 radical (unpaired) electrons. The van der Waals surface area contributed by atoms with Crippen molar-refractivity contribution in [2.45, 2.75) is 20.4 Å². The smallest absolute Gasteiger partial charge is 0.252 e. The van der Waals surface area contributed by atoms with Gasteiger partial charge in [-0.1, -0.05) is 18.2 Å². The van der Waals surface area contributed by atoms with Crippen molar-refractivity contribution >= 4 is 40.3 Å². The molecule has 0 spiro atoms. The molecule has 0 bridgehead atoms. The molecule has 0 saturated carbocycles. The fourth-order valence-electron chi connectivity index (χ4n) is 2.46. The van der Waals surface area contributed by atoms with Crippen LogP contribution >= 0.6 is 23.6 Å². The Balaban J connectivity index is 1.86. The second kappa shape index (κ2) is 5.58. The van der Waals surface area contributed by atoms with Gasteiger partial charge in [0, 0.05) is 4.88 Å². The van der Waals surface area contributed by atoms with Crippen molar-refractivity contribution < 1.29 is 4.79 Å². The summed E-state index contributed by atoms with van der Waals surface area (Å²) < 4.78 is 0. The minimum Gasteiger partial charge on any atom is -0.334 e. The molecule has 0 N–H and O–H groups in total. The maximum Gasteiger partial charge on any atom is 0.252 e. The van der Waals surface area contributed by atoms with Gasteiger partial charge in [0.2, 0.25) is 0 Å².